The highest BCUT2D eigenvalue weighted by Gasteiger charge is 2.32. The van der Waals surface area contributed by atoms with Gasteiger partial charge in [0.2, 0.25) is 0 Å². The zero-order chi connectivity index (χ0) is 13.3. The van der Waals surface area contributed by atoms with E-state index in [9.17, 15) is 4.79 Å². The fourth-order valence-corrected chi connectivity index (χ4v) is 2.07. The molecule has 0 bridgehead atoms. The van der Waals surface area contributed by atoms with Gasteiger partial charge in [0.1, 0.15) is 0 Å². The van der Waals surface area contributed by atoms with Crippen LogP contribution in [0.4, 0.5) is 11.5 Å². The van der Waals surface area contributed by atoms with Crippen molar-refractivity contribution in [3.05, 3.63) is 17.8 Å². The summed E-state index contributed by atoms with van der Waals surface area (Å²) in [7, 11) is 0. The number of nitrogens with two attached hydrogens (primary N) is 1. The van der Waals surface area contributed by atoms with Crippen molar-refractivity contribution in [1.82, 2.24) is 4.98 Å². The molecule has 1 aliphatic carbocycles. The smallest absolute Gasteiger partial charge is 0.337 e. The molecular weight excluding hydrogens is 230 g/mol. The molecule has 98 valence electrons. The number of carboxylic acids is 1. The minimum absolute atomic E-state index is 0.134. The molecule has 1 saturated carbocycles. The average molecular weight is 249 g/mol. The molecule has 1 aromatic heterocycles. The van der Waals surface area contributed by atoms with Crippen LogP contribution >= 0.6 is 0 Å². The quantitative estimate of drug-likeness (QED) is 0.834. The molecule has 2 rings (SSSR count). The van der Waals surface area contributed by atoms with Gasteiger partial charge in [-0.2, -0.15) is 0 Å². The maximum absolute atomic E-state index is 11.1. The van der Waals surface area contributed by atoms with E-state index in [-0.39, 0.29) is 11.3 Å². The number of rotatable bonds is 5. The maximum atomic E-state index is 11.1. The minimum Gasteiger partial charge on any atom is -0.478 e. The number of pyridine rings is 1. The predicted octanol–water partition coefficient (Wildman–Crippen LogP) is 1.99. The van der Waals surface area contributed by atoms with Gasteiger partial charge in [0.05, 0.1) is 11.3 Å². The van der Waals surface area contributed by atoms with Gasteiger partial charge in [0.15, 0.2) is 5.82 Å². The molecule has 0 saturated heterocycles. The largest absolute Gasteiger partial charge is 0.478 e. The first kappa shape index (κ1) is 12.7. The van der Waals surface area contributed by atoms with Crippen LogP contribution in [-0.4, -0.2) is 28.6 Å². The zero-order valence-corrected chi connectivity index (χ0v) is 10.8. The van der Waals surface area contributed by atoms with E-state index in [0.717, 1.165) is 19.4 Å². The molecule has 5 heteroatoms. The van der Waals surface area contributed by atoms with Crippen molar-refractivity contribution in [3.8, 4) is 0 Å². The molecule has 18 heavy (non-hydrogen) atoms. The number of carbonyl (C=O) groups is 1. The molecule has 0 unspecified atom stereocenters. The van der Waals surface area contributed by atoms with E-state index in [1.165, 1.54) is 12.3 Å². The molecule has 1 fully saturated rings. The Labute approximate surface area is 107 Å². The van der Waals surface area contributed by atoms with Crippen molar-refractivity contribution in [2.75, 3.05) is 17.2 Å². The van der Waals surface area contributed by atoms with Crippen LogP contribution in [0.5, 0.6) is 0 Å². The molecule has 0 atom stereocenters. The lowest BCUT2D eigenvalue weighted by atomic mass is 10.1. The van der Waals surface area contributed by atoms with Crippen LogP contribution in [-0.2, 0) is 0 Å². The monoisotopic (exact) mass is 249 g/mol. The molecule has 0 amide bonds. The second-order valence-electron chi connectivity index (χ2n) is 5.18. The summed E-state index contributed by atoms with van der Waals surface area (Å²) < 4.78 is 0. The molecule has 3 N–H and O–H groups in total. The van der Waals surface area contributed by atoms with Gasteiger partial charge in [-0.1, -0.05) is 13.8 Å². The van der Waals surface area contributed by atoms with Gasteiger partial charge in [0.25, 0.3) is 0 Å². The number of aromatic carboxylic acids is 1. The first-order valence-corrected chi connectivity index (χ1v) is 6.25. The highest BCUT2D eigenvalue weighted by Crippen LogP contribution is 2.35. The van der Waals surface area contributed by atoms with Crippen molar-refractivity contribution in [1.29, 1.82) is 0 Å². The summed E-state index contributed by atoms with van der Waals surface area (Å²) in [5, 5.41) is 9.08. The van der Waals surface area contributed by atoms with Crippen LogP contribution in [0.3, 0.4) is 0 Å². The summed E-state index contributed by atoms with van der Waals surface area (Å²) in [4.78, 5) is 17.5. The van der Waals surface area contributed by atoms with Crippen molar-refractivity contribution < 1.29 is 9.90 Å². The summed E-state index contributed by atoms with van der Waals surface area (Å²) in [6.45, 7) is 5.12. The predicted molar refractivity (Wildman–Crippen MR) is 70.8 cm³/mol. The molecule has 1 aromatic rings. The van der Waals surface area contributed by atoms with Crippen LogP contribution in [0.1, 0.15) is 37.0 Å². The normalized spacial score (nSPS) is 14.8. The van der Waals surface area contributed by atoms with E-state index in [1.54, 1.807) is 0 Å². The van der Waals surface area contributed by atoms with Crippen LogP contribution in [0, 0.1) is 5.92 Å². The summed E-state index contributed by atoms with van der Waals surface area (Å²) in [5.41, 5.74) is 6.35. The summed E-state index contributed by atoms with van der Waals surface area (Å²) in [5.74, 6) is 0.0998. The number of carboxylic acid groups (broad SMARTS) is 1. The Bertz CT molecular complexity index is 456. The Morgan fingerprint density at radius 2 is 2.28 bits per heavy atom. The number of anilines is 2. The molecule has 0 aliphatic heterocycles. The van der Waals surface area contributed by atoms with Crippen LogP contribution in [0.25, 0.3) is 0 Å². The lowest BCUT2D eigenvalue weighted by molar-refractivity contribution is 0.0698. The SMILES string of the molecule is CC(C)CN(c1nccc(C(=O)O)c1N)C1CC1. The van der Waals surface area contributed by atoms with Gasteiger partial charge < -0.3 is 15.7 Å². The van der Waals surface area contributed by atoms with E-state index in [2.05, 4.69) is 23.7 Å². The molecule has 1 heterocycles. The van der Waals surface area contributed by atoms with E-state index >= 15 is 0 Å². The van der Waals surface area contributed by atoms with Gasteiger partial charge in [-0.3, -0.25) is 0 Å². The Morgan fingerprint density at radius 1 is 1.61 bits per heavy atom. The van der Waals surface area contributed by atoms with E-state index in [4.69, 9.17) is 10.8 Å². The second-order valence-corrected chi connectivity index (χ2v) is 5.18. The molecule has 0 radical (unpaired) electrons. The van der Waals surface area contributed by atoms with Crippen molar-refractivity contribution in [3.63, 3.8) is 0 Å². The van der Waals surface area contributed by atoms with Gasteiger partial charge in [-0.05, 0) is 24.8 Å². The molecule has 1 aliphatic rings. The number of hydrogen-bond acceptors (Lipinski definition) is 4. The van der Waals surface area contributed by atoms with E-state index in [0.29, 0.717) is 17.8 Å². The Morgan fingerprint density at radius 3 is 2.78 bits per heavy atom. The van der Waals surface area contributed by atoms with Crippen molar-refractivity contribution >= 4 is 17.5 Å². The maximum Gasteiger partial charge on any atom is 0.337 e. The lowest BCUT2D eigenvalue weighted by Crippen LogP contribution is -2.31. The number of aromatic nitrogens is 1. The third-order valence-electron chi connectivity index (χ3n) is 3.02. The zero-order valence-electron chi connectivity index (χ0n) is 10.8. The molecule has 0 spiro atoms. The Hall–Kier alpha value is -1.78. The third kappa shape index (κ3) is 2.55. The van der Waals surface area contributed by atoms with Crippen molar-refractivity contribution in [2.24, 2.45) is 5.92 Å². The first-order chi connectivity index (χ1) is 8.50. The van der Waals surface area contributed by atoms with Crippen LogP contribution in [0.2, 0.25) is 0 Å². The van der Waals surface area contributed by atoms with Gasteiger partial charge in [0, 0.05) is 18.8 Å². The highest BCUT2D eigenvalue weighted by atomic mass is 16.4. The third-order valence-corrected chi connectivity index (χ3v) is 3.02. The van der Waals surface area contributed by atoms with Crippen LogP contribution < -0.4 is 10.6 Å². The summed E-state index contributed by atoms with van der Waals surface area (Å²) in [6, 6.07) is 1.91. The Balaban J connectivity index is 2.35. The van der Waals surface area contributed by atoms with E-state index in [1.807, 2.05) is 0 Å². The lowest BCUT2D eigenvalue weighted by Gasteiger charge is -2.27. The minimum atomic E-state index is -1.00. The standard InChI is InChI=1S/C13H19N3O2/c1-8(2)7-16(9-3-4-9)12-11(14)10(13(17)18)5-6-15-12/h5-6,8-9H,3-4,7,14H2,1-2H3,(H,17,18). The highest BCUT2D eigenvalue weighted by molar-refractivity contribution is 5.96. The first-order valence-electron chi connectivity index (χ1n) is 6.25. The fraction of sp³-hybridized carbons (Fsp3) is 0.538. The van der Waals surface area contributed by atoms with Gasteiger partial charge in [-0.15, -0.1) is 0 Å². The number of nitrogens with zero attached hydrogens (tertiary/aromatic N) is 2. The van der Waals surface area contributed by atoms with Crippen molar-refractivity contribution in [2.45, 2.75) is 32.7 Å². The molecule has 5 nitrogen and oxygen atoms in total. The molecular formula is C13H19N3O2. The second kappa shape index (κ2) is 4.84. The Kier molecular flexibility index (Phi) is 3.41. The van der Waals surface area contributed by atoms with E-state index < -0.39 is 5.97 Å². The summed E-state index contributed by atoms with van der Waals surface area (Å²) in [6.07, 6.45) is 3.78. The van der Waals surface area contributed by atoms with Crippen LogP contribution in [0.15, 0.2) is 12.3 Å². The topological polar surface area (TPSA) is 79.5 Å². The fourth-order valence-electron chi connectivity index (χ4n) is 2.07. The van der Waals surface area contributed by atoms with Gasteiger partial charge in [-0.25, -0.2) is 9.78 Å². The summed E-state index contributed by atoms with van der Waals surface area (Å²) >= 11 is 0. The molecule has 0 aromatic carbocycles. The average Bonchev–Trinajstić information content (AvgIpc) is 3.09. The number of hydrogen-bond donors (Lipinski definition) is 2. The van der Waals surface area contributed by atoms with Gasteiger partial charge >= 0.3 is 5.97 Å². The number of nitrogen functional groups attached to an aromatic ring is 1.